The topological polar surface area (TPSA) is 109 Å². The first-order chi connectivity index (χ1) is 12.8. The van der Waals surface area contributed by atoms with Gasteiger partial charge in [0.05, 0.1) is 10.0 Å². The lowest BCUT2D eigenvalue weighted by molar-refractivity contribution is -0.148. The SMILES string of the molecule is C[C@H](NC(=O)Nc1ccccc1)C(=O)OCC(=O)Nc1ncc(Cl)cc1Cl. The van der Waals surface area contributed by atoms with Crippen molar-refractivity contribution >= 4 is 52.6 Å². The molecule has 2 aromatic rings. The second-order valence-corrected chi connectivity index (χ2v) is 6.17. The average molecular weight is 411 g/mol. The zero-order valence-electron chi connectivity index (χ0n) is 14.2. The first-order valence-electron chi connectivity index (χ1n) is 7.75. The number of urea groups is 1. The summed E-state index contributed by atoms with van der Waals surface area (Å²) in [5.74, 6) is -1.32. The van der Waals surface area contributed by atoms with E-state index >= 15 is 0 Å². The van der Waals surface area contributed by atoms with Crippen molar-refractivity contribution in [2.75, 3.05) is 17.2 Å². The number of carbonyl (C=O) groups is 3. The van der Waals surface area contributed by atoms with Gasteiger partial charge in [0.25, 0.3) is 5.91 Å². The number of pyridine rings is 1. The number of amides is 3. The van der Waals surface area contributed by atoms with E-state index in [2.05, 4.69) is 20.9 Å². The van der Waals surface area contributed by atoms with Crippen LogP contribution in [-0.4, -0.2) is 35.5 Å². The fraction of sp³-hybridized carbons (Fsp3) is 0.176. The minimum atomic E-state index is -0.959. The molecule has 3 amide bonds. The number of aromatic nitrogens is 1. The highest BCUT2D eigenvalue weighted by Gasteiger charge is 2.18. The molecule has 0 bridgehead atoms. The van der Waals surface area contributed by atoms with Gasteiger partial charge in [0, 0.05) is 11.9 Å². The Bertz CT molecular complexity index is 833. The fourth-order valence-corrected chi connectivity index (χ4v) is 2.31. The second-order valence-electron chi connectivity index (χ2n) is 5.33. The highest BCUT2D eigenvalue weighted by molar-refractivity contribution is 6.36. The van der Waals surface area contributed by atoms with Gasteiger partial charge < -0.3 is 20.7 Å². The van der Waals surface area contributed by atoms with Gasteiger partial charge in [0.1, 0.15) is 6.04 Å². The predicted octanol–water partition coefficient (Wildman–Crippen LogP) is 3.08. The first kappa shape index (κ1) is 20.5. The Labute approximate surface area is 165 Å². The maximum Gasteiger partial charge on any atom is 0.328 e. The molecular formula is C17H16Cl2N4O4. The van der Waals surface area contributed by atoms with E-state index in [0.29, 0.717) is 10.7 Å². The number of nitrogens with zero attached hydrogens (tertiary/aromatic N) is 1. The van der Waals surface area contributed by atoms with Crippen molar-refractivity contribution < 1.29 is 19.1 Å². The van der Waals surface area contributed by atoms with Crippen LogP contribution >= 0.6 is 23.2 Å². The summed E-state index contributed by atoms with van der Waals surface area (Å²) in [6.07, 6.45) is 1.31. The van der Waals surface area contributed by atoms with Crippen LogP contribution in [0.3, 0.4) is 0 Å². The number of esters is 1. The zero-order chi connectivity index (χ0) is 19.8. The largest absolute Gasteiger partial charge is 0.454 e. The number of carbonyl (C=O) groups excluding carboxylic acids is 3. The molecule has 27 heavy (non-hydrogen) atoms. The molecule has 0 aliphatic carbocycles. The smallest absolute Gasteiger partial charge is 0.328 e. The molecule has 1 aromatic carbocycles. The lowest BCUT2D eigenvalue weighted by atomic mass is 10.3. The van der Waals surface area contributed by atoms with Crippen LogP contribution in [0, 0.1) is 0 Å². The number of hydrogen-bond acceptors (Lipinski definition) is 5. The number of benzene rings is 1. The summed E-state index contributed by atoms with van der Waals surface area (Å²) < 4.78 is 4.86. The van der Waals surface area contributed by atoms with Gasteiger partial charge in [-0.3, -0.25) is 4.79 Å². The van der Waals surface area contributed by atoms with Gasteiger partial charge in [-0.05, 0) is 25.1 Å². The quantitative estimate of drug-likeness (QED) is 0.633. The van der Waals surface area contributed by atoms with Crippen LogP contribution in [-0.2, 0) is 14.3 Å². The Balaban J connectivity index is 1.76. The van der Waals surface area contributed by atoms with Crippen molar-refractivity contribution in [3.8, 4) is 0 Å². The van der Waals surface area contributed by atoms with Gasteiger partial charge in [-0.2, -0.15) is 0 Å². The molecule has 0 aliphatic rings. The molecule has 8 nitrogen and oxygen atoms in total. The van der Waals surface area contributed by atoms with Crippen molar-refractivity contribution in [2.45, 2.75) is 13.0 Å². The Hall–Kier alpha value is -2.84. The molecule has 1 heterocycles. The van der Waals surface area contributed by atoms with Crippen LogP contribution in [0.15, 0.2) is 42.6 Å². The molecule has 0 radical (unpaired) electrons. The maximum absolute atomic E-state index is 11.9. The van der Waals surface area contributed by atoms with Crippen LogP contribution in [0.5, 0.6) is 0 Å². The third-order valence-electron chi connectivity index (χ3n) is 3.14. The molecule has 0 saturated heterocycles. The van der Waals surface area contributed by atoms with E-state index in [1.54, 1.807) is 30.3 Å². The maximum atomic E-state index is 11.9. The van der Waals surface area contributed by atoms with Crippen LogP contribution in [0.1, 0.15) is 6.92 Å². The molecule has 142 valence electrons. The normalized spacial score (nSPS) is 11.2. The molecule has 0 unspecified atom stereocenters. The van der Waals surface area contributed by atoms with Crippen molar-refractivity contribution in [1.29, 1.82) is 0 Å². The highest BCUT2D eigenvalue weighted by atomic mass is 35.5. The second kappa shape index (κ2) is 9.75. The van der Waals surface area contributed by atoms with Crippen molar-refractivity contribution in [1.82, 2.24) is 10.3 Å². The molecule has 1 aromatic heterocycles. The van der Waals surface area contributed by atoms with Crippen molar-refractivity contribution in [3.63, 3.8) is 0 Å². The first-order valence-corrected chi connectivity index (χ1v) is 8.51. The van der Waals surface area contributed by atoms with Gasteiger partial charge >= 0.3 is 12.0 Å². The number of anilines is 2. The van der Waals surface area contributed by atoms with E-state index in [4.69, 9.17) is 27.9 Å². The molecule has 0 saturated carbocycles. The van der Waals surface area contributed by atoms with Crippen LogP contribution < -0.4 is 16.0 Å². The van der Waals surface area contributed by atoms with Crippen LogP contribution in [0.25, 0.3) is 0 Å². The summed E-state index contributed by atoms with van der Waals surface area (Å²) in [5.41, 5.74) is 0.572. The van der Waals surface area contributed by atoms with E-state index in [0.717, 1.165) is 0 Å². The predicted molar refractivity (Wildman–Crippen MR) is 102 cm³/mol. The van der Waals surface area contributed by atoms with Crippen molar-refractivity contribution in [3.05, 3.63) is 52.6 Å². The summed E-state index contributed by atoms with van der Waals surface area (Å²) in [4.78, 5) is 39.4. The monoisotopic (exact) mass is 410 g/mol. The molecule has 1 atom stereocenters. The number of rotatable bonds is 6. The zero-order valence-corrected chi connectivity index (χ0v) is 15.7. The summed E-state index contributed by atoms with van der Waals surface area (Å²) in [6.45, 7) is 0.869. The minimum absolute atomic E-state index is 0.0931. The van der Waals surface area contributed by atoms with E-state index in [1.165, 1.54) is 19.2 Å². The van der Waals surface area contributed by atoms with Gasteiger partial charge in [-0.15, -0.1) is 0 Å². The summed E-state index contributed by atoms with van der Waals surface area (Å²) in [5, 5.41) is 7.83. The Morgan fingerprint density at radius 2 is 1.85 bits per heavy atom. The van der Waals surface area contributed by atoms with Crippen molar-refractivity contribution in [2.24, 2.45) is 0 Å². The molecule has 0 aliphatic heterocycles. The molecule has 0 fully saturated rings. The molecule has 0 spiro atoms. The standard InChI is InChI=1S/C17H16Cl2N4O4/c1-10(21-17(26)22-12-5-3-2-4-6-12)16(25)27-9-14(24)23-15-13(19)7-11(18)8-20-15/h2-8,10H,9H2,1H3,(H,20,23,24)(H2,21,22,26)/t10-/m0/s1. The number of hydrogen-bond donors (Lipinski definition) is 3. The van der Waals surface area contributed by atoms with Crippen LogP contribution in [0.2, 0.25) is 10.0 Å². The van der Waals surface area contributed by atoms with E-state index in [9.17, 15) is 14.4 Å². The third kappa shape index (κ3) is 6.76. The molecule has 2 rings (SSSR count). The van der Waals surface area contributed by atoms with E-state index in [1.807, 2.05) is 0 Å². The number of nitrogens with one attached hydrogen (secondary N) is 3. The number of para-hydroxylation sites is 1. The Morgan fingerprint density at radius 3 is 2.52 bits per heavy atom. The molecule has 3 N–H and O–H groups in total. The van der Waals surface area contributed by atoms with Gasteiger partial charge in [0.2, 0.25) is 0 Å². The molecular weight excluding hydrogens is 395 g/mol. The fourth-order valence-electron chi connectivity index (χ4n) is 1.88. The van der Waals surface area contributed by atoms with Gasteiger partial charge in [-0.1, -0.05) is 41.4 Å². The average Bonchev–Trinajstić information content (AvgIpc) is 2.62. The Morgan fingerprint density at radius 1 is 1.15 bits per heavy atom. The lowest BCUT2D eigenvalue weighted by Gasteiger charge is -2.14. The minimum Gasteiger partial charge on any atom is -0.454 e. The third-order valence-corrected chi connectivity index (χ3v) is 3.64. The van der Waals surface area contributed by atoms with Crippen LogP contribution in [0.4, 0.5) is 16.3 Å². The number of halogens is 2. The van der Waals surface area contributed by atoms with E-state index < -0.39 is 30.6 Å². The highest BCUT2D eigenvalue weighted by Crippen LogP contribution is 2.22. The summed E-state index contributed by atoms with van der Waals surface area (Å²) >= 11 is 11.6. The Kier molecular flexibility index (Phi) is 7.39. The van der Waals surface area contributed by atoms with Gasteiger partial charge in [0.15, 0.2) is 12.4 Å². The number of ether oxygens (including phenoxy) is 1. The van der Waals surface area contributed by atoms with E-state index in [-0.39, 0.29) is 10.8 Å². The summed E-state index contributed by atoms with van der Waals surface area (Å²) in [7, 11) is 0. The lowest BCUT2D eigenvalue weighted by Crippen LogP contribution is -2.42. The molecule has 10 heteroatoms. The summed E-state index contributed by atoms with van der Waals surface area (Å²) in [6, 6.07) is 8.59. The van der Waals surface area contributed by atoms with Gasteiger partial charge in [-0.25, -0.2) is 14.6 Å².